The third kappa shape index (κ3) is 7.05. The molecule has 1 heterocycles. The van der Waals surface area contributed by atoms with E-state index in [2.05, 4.69) is 10.2 Å². The molecular formula is C28H28ClN3O4S. The summed E-state index contributed by atoms with van der Waals surface area (Å²) in [4.78, 5) is 42.9. The Balaban J connectivity index is 1.46. The van der Waals surface area contributed by atoms with Gasteiger partial charge in [-0.2, -0.15) is 0 Å². The predicted octanol–water partition coefficient (Wildman–Crippen LogP) is 5.21. The maximum Gasteiger partial charge on any atom is 0.338 e. The van der Waals surface area contributed by atoms with Gasteiger partial charge >= 0.3 is 5.97 Å². The van der Waals surface area contributed by atoms with Gasteiger partial charge in [0.25, 0.3) is 5.91 Å². The van der Waals surface area contributed by atoms with Gasteiger partial charge in [0, 0.05) is 41.7 Å². The molecule has 4 rings (SSSR count). The van der Waals surface area contributed by atoms with Crippen molar-refractivity contribution in [1.82, 2.24) is 4.90 Å². The van der Waals surface area contributed by atoms with Crippen molar-refractivity contribution >= 4 is 52.5 Å². The van der Waals surface area contributed by atoms with E-state index in [1.807, 2.05) is 53.4 Å². The van der Waals surface area contributed by atoms with E-state index in [-0.39, 0.29) is 24.2 Å². The number of carbonyl (C=O) groups excluding carboxylic acids is 3. The van der Waals surface area contributed by atoms with Gasteiger partial charge < -0.3 is 19.9 Å². The second kappa shape index (κ2) is 12.7. The molecule has 0 spiro atoms. The number of carbonyl (C=O) groups is 3. The van der Waals surface area contributed by atoms with Crippen LogP contribution in [0.1, 0.15) is 27.6 Å². The number of thioether (sulfide) groups is 1. The van der Waals surface area contributed by atoms with Crippen molar-refractivity contribution in [3.05, 3.63) is 88.9 Å². The first-order valence-electron chi connectivity index (χ1n) is 12.0. The number of halogens is 1. The number of anilines is 2. The molecule has 0 radical (unpaired) electrons. The van der Waals surface area contributed by atoms with Crippen molar-refractivity contribution in [1.29, 1.82) is 0 Å². The molecule has 1 saturated heterocycles. The van der Waals surface area contributed by atoms with Crippen LogP contribution >= 0.6 is 23.4 Å². The fourth-order valence-electron chi connectivity index (χ4n) is 4.03. The Labute approximate surface area is 225 Å². The van der Waals surface area contributed by atoms with Crippen LogP contribution in [-0.4, -0.2) is 61.2 Å². The Hall–Kier alpha value is -3.49. The smallest absolute Gasteiger partial charge is 0.338 e. The van der Waals surface area contributed by atoms with Gasteiger partial charge in [0.2, 0.25) is 5.91 Å². The maximum atomic E-state index is 12.8. The number of esters is 1. The normalized spacial score (nSPS) is 13.2. The van der Waals surface area contributed by atoms with Gasteiger partial charge in [-0.15, -0.1) is 11.8 Å². The Kier molecular flexibility index (Phi) is 9.09. The van der Waals surface area contributed by atoms with Crippen molar-refractivity contribution in [2.45, 2.75) is 11.8 Å². The van der Waals surface area contributed by atoms with Crippen LogP contribution in [0.25, 0.3) is 0 Å². The fraction of sp³-hybridized carbons (Fsp3) is 0.250. The average Bonchev–Trinajstić information content (AvgIpc) is 2.93. The van der Waals surface area contributed by atoms with E-state index >= 15 is 0 Å². The maximum absolute atomic E-state index is 12.8. The molecular weight excluding hydrogens is 510 g/mol. The zero-order valence-electron chi connectivity index (χ0n) is 20.5. The lowest BCUT2D eigenvalue weighted by Crippen LogP contribution is -2.49. The van der Waals surface area contributed by atoms with Gasteiger partial charge in [0.15, 0.2) is 0 Å². The molecule has 7 nitrogen and oxygen atoms in total. The van der Waals surface area contributed by atoms with Gasteiger partial charge in [-0.05, 0) is 61.5 Å². The standard InChI is InChI=1S/C28H28ClN3O4S/c1-2-36-28(35)21-8-13-25(24(18-21)30-26(33)19-37-23-11-9-22(29)10-12-23)31-14-16-32(17-15-31)27(34)20-6-4-3-5-7-20/h3-13,18H,2,14-17,19H2,1H3,(H,30,33). The van der Waals surface area contributed by atoms with Crippen LogP contribution in [-0.2, 0) is 9.53 Å². The highest BCUT2D eigenvalue weighted by Gasteiger charge is 2.24. The molecule has 0 saturated carbocycles. The zero-order chi connectivity index (χ0) is 26.2. The van der Waals surface area contributed by atoms with Crippen LogP contribution in [0.3, 0.4) is 0 Å². The monoisotopic (exact) mass is 537 g/mol. The number of amides is 2. The van der Waals surface area contributed by atoms with Gasteiger partial charge in [-0.1, -0.05) is 29.8 Å². The second-order valence-electron chi connectivity index (χ2n) is 8.39. The Morgan fingerprint density at radius 2 is 1.62 bits per heavy atom. The van der Waals surface area contributed by atoms with Crippen molar-refractivity contribution < 1.29 is 19.1 Å². The molecule has 0 aromatic heterocycles. The highest BCUT2D eigenvalue weighted by molar-refractivity contribution is 8.00. The quantitative estimate of drug-likeness (QED) is 0.314. The summed E-state index contributed by atoms with van der Waals surface area (Å²) in [6.45, 7) is 4.30. The minimum atomic E-state index is -0.446. The lowest BCUT2D eigenvalue weighted by atomic mass is 10.1. The lowest BCUT2D eigenvalue weighted by Gasteiger charge is -2.37. The summed E-state index contributed by atoms with van der Waals surface area (Å²) < 4.78 is 5.15. The highest BCUT2D eigenvalue weighted by Crippen LogP contribution is 2.30. The van der Waals surface area contributed by atoms with Crippen molar-refractivity contribution in [3.8, 4) is 0 Å². The molecule has 0 unspecified atom stereocenters. The van der Waals surface area contributed by atoms with E-state index in [9.17, 15) is 14.4 Å². The number of benzene rings is 3. The lowest BCUT2D eigenvalue weighted by molar-refractivity contribution is -0.113. The topological polar surface area (TPSA) is 79.0 Å². The molecule has 37 heavy (non-hydrogen) atoms. The van der Waals surface area contributed by atoms with Crippen molar-refractivity contribution in [2.75, 3.05) is 48.8 Å². The fourth-order valence-corrected chi connectivity index (χ4v) is 4.86. The first-order chi connectivity index (χ1) is 17.9. The zero-order valence-corrected chi connectivity index (χ0v) is 22.1. The predicted molar refractivity (Wildman–Crippen MR) is 148 cm³/mol. The summed E-state index contributed by atoms with van der Waals surface area (Å²) in [7, 11) is 0. The molecule has 0 aliphatic carbocycles. The molecule has 1 aliphatic heterocycles. The van der Waals surface area contributed by atoms with Crippen LogP contribution in [0.15, 0.2) is 77.7 Å². The molecule has 0 atom stereocenters. The second-order valence-corrected chi connectivity index (χ2v) is 9.87. The Bertz CT molecular complexity index is 1250. The van der Waals surface area contributed by atoms with Gasteiger partial charge in [-0.25, -0.2) is 4.79 Å². The molecule has 3 aromatic rings. The summed E-state index contributed by atoms with van der Waals surface area (Å²) >= 11 is 7.34. The minimum absolute atomic E-state index is 0.00524. The number of ether oxygens (including phenoxy) is 1. The van der Waals surface area contributed by atoms with E-state index in [4.69, 9.17) is 16.3 Å². The summed E-state index contributed by atoms with van der Waals surface area (Å²) in [6.07, 6.45) is 0. The number of nitrogens with zero attached hydrogens (tertiary/aromatic N) is 2. The minimum Gasteiger partial charge on any atom is -0.462 e. The molecule has 3 aromatic carbocycles. The van der Waals surface area contributed by atoms with Crippen LogP contribution < -0.4 is 10.2 Å². The van der Waals surface area contributed by atoms with Gasteiger partial charge in [-0.3, -0.25) is 9.59 Å². The van der Waals surface area contributed by atoms with E-state index in [1.165, 1.54) is 11.8 Å². The third-order valence-electron chi connectivity index (χ3n) is 5.89. The van der Waals surface area contributed by atoms with Gasteiger partial charge in [0.05, 0.1) is 29.3 Å². The van der Waals surface area contributed by atoms with E-state index < -0.39 is 5.97 Å². The SMILES string of the molecule is CCOC(=O)c1ccc(N2CCN(C(=O)c3ccccc3)CC2)c(NC(=O)CSc2ccc(Cl)cc2)c1. The number of hydrogen-bond acceptors (Lipinski definition) is 6. The summed E-state index contributed by atoms with van der Waals surface area (Å²) in [6, 6.07) is 21.7. The van der Waals surface area contributed by atoms with E-state index in [0.29, 0.717) is 48.0 Å². The van der Waals surface area contributed by atoms with Crippen molar-refractivity contribution in [2.24, 2.45) is 0 Å². The first-order valence-corrected chi connectivity index (χ1v) is 13.4. The number of rotatable bonds is 8. The first kappa shape index (κ1) is 26.6. The molecule has 1 N–H and O–H groups in total. The van der Waals surface area contributed by atoms with E-state index in [0.717, 1.165) is 10.6 Å². The molecule has 192 valence electrons. The molecule has 9 heteroatoms. The van der Waals surface area contributed by atoms with Crippen LogP contribution in [0.4, 0.5) is 11.4 Å². The number of piperazine rings is 1. The summed E-state index contributed by atoms with van der Waals surface area (Å²) in [5, 5.41) is 3.61. The molecule has 0 bridgehead atoms. The van der Waals surface area contributed by atoms with Crippen LogP contribution in [0, 0.1) is 0 Å². The Morgan fingerprint density at radius 1 is 0.919 bits per heavy atom. The van der Waals surface area contributed by atoms with Gasteiger partial charge in [0.1, 0.15) is 0 Å². The third-order valence-corrected chi connectivity index (χ3v) is 7.16. The van der Waals surface area contributed by atoms with Crippen molar-refractivity contribution in [3.63, 3.8) is 0 Å². The largest absolute Gasteiger partial charge is 0.462 e. The summed E-state index contributed by atoms with van der Waals surface area (Å²) in [5.41, 5.74) is 2.37. The average molecular weight is 538 g/mol. The van der Waals surface area contributed by atoms with E-state index in [1.54, 1.807) is 31.2 Å². The molecule has 1 fully saturated rings. The van der Waals surface area contributed by atoms with Crippen LogP contribution in [0.5, 0.6) is 0 Å². The molecule has 2 amide bonds. The Morgan fingerprint density at radius 3 is 2.30 bits per heavy atom. The highest BCUT2D eigenvalue weighted by atomic mass is 35.5. The summed E-state index contributed by atoms with van der Waals surface area (Å²) in [5.74, 6) is -0.437. The number of hydrogen-bond donors (Lipinski definition) is 1. The van der Waals surface area contributed by atoms with Crippen LogP contribution in [0.2, 0.25) is 5.02 Å². The number of nitrogens with one attached hydrogen (secondary N) is 1. The molecule has 1 aliphatic rings.